The molecule has 3 rings (SSSR count). The van der Waals surface area contributed by atoms with E-state index in [1.807, 2.05) is 6.07 Å². The predicted molar refractivity (Wildman–Crippen MR) is 127 cm³/mol. The quantitative estimate of drug-likeness (QED) is 0.317. The molecule has 2 aromatic carbocycles. The molecule has 5 nitrogen and oxygen atoms in total. The molecular formula is C22H28F3IN4O. The first-order valence-corrected chi connectivity index (χ1v) is 10.00. The molecule has 1 heterocycles. The van der Waals surface area contributed by atoms with E-state index in [2.05, 4.69) is 49.5 Å². The highest BCUT2D eigenvalue weighted by molar-refractivity contribution is 14.0. The van der Waals surface area contributed by atoms with Crippen molar-refractivity contribution in [3.8, 4) is 5.75 Å². The number of alkyl halides is 3. The van der Waals surface area contributed by atoms with Crippen LogP contribution in [-0.2, 0) is 13.1 Å². The summed E-state index contributed by atoms with van der Waals surface area (Å²) < 4.78 is 41.8. The lowest BCUT2D eigenvalue weighted by atomic mass is 10.0. The van der Waals surface area contributed by atoms with Gasteiger partial charge in [0.05, 0.1) is 0 Å². The van der Waals surface area contributed by atoms with E-state index in [1.165, 1.54) is 17.7 Å². The standard InChI is InChI=1S/C22H27F3N4O.HI/c1-26-21(27-15-18-9-5-6-10-20(18)30-22(23,24)25)28-19-11-13-29(14-12-19)16-17-7-3-2-4-8-17;/h2-10,19H,11-16H2,1H3,(H2,26,27,28);1H. The minimum atomic E-state index is -4.72. The molecule has 0 aliphatic carbocycles. The zero-order valence-corrected chi connectivity index (χ0v) is 19.7. The van der Waals surface area contributed by atoms with Crippen LogP contribution >= 0.6 is 24.0 Å². The van der Waals surface area contributed by atoms with Crippen LogP contribution in [0.5, 0.6) is 5.75 Å². The normalized spacial score (nSPS) is 15.8. The number of para-hydroxylation sites is 1. The van der Waals surface area contributed by atoms with E-state index >= 15 is 0 Å². The molecule has 1 fully saturated rings. The third kappa shape index (κ3) is 8.56. The average Bonchev–Trinajstić information content (AvgIpc) is 2.73. The molecule has 0 unspecified atom stereocenters. The molecule has 0 bridgehead atoms. The van der Waals surface area contributed by atoms with Gasteiger partial charge in [-0.3, -0.25) is 9.89 Å². The molecule has 2 aromatic rings. The Morgan fingerprint density at radius 1 is 1.06 bits per heavy atom. The molecule has 0 radical (unpaired) electrons. The molecule has 9 heteroatoms. The molecule has 1 aliphatic rings. The van der Waals surface area contributed by atoms with E-state index in [0.29, 0.717) is 11.5 Å². The van der Waals surface area contributed by atoms with Crippen molar-refractivity contribution in [2.75, 3.05) is 20.1 Å². The Hall–Kier alpha value is -2.01. The predicted octanol–water partition coefficient (Wildman–Crippen LogP) is 4.53. The molecule has 170 valence electrons. The third-order valence-electron chi connectivity index (χ3n) is 5.05. The summed E-state index contributed by atoms with van der Waals surface area (Å²) in [4.78, 5) is 6.63. The van der Waals surface area contributed by atoms with Gasteiger partial charge in [-0.25, -0.2) is 0 Å². The van der Waals surface area contributed by atoms with E-state index < -0.39 is 6.36 Å². The highest BCUT2D eigenvalue weighted by Crippen LogP contribution is 2.26. The Morgan fingerprint density at radius 2 is 1.71 bits per heavy atom. The maximum absolute atomic E-state index is 12.6. The van der Waals surface area contributed by atoms with Crippen molar-refractivity contribution < 1.29 is 17.9 Å². The molecule has 0 atom stereocenters. The topological polar surface area (TPSA) is 48.9 Å². The van der Waals surface area contributed by atoms with Crippen molar-refractivity contribution in [2.24, 2.45) is 4.99 Å². The minimum absolute atomic E-state index is 0. The van der Waals surface area contributed by atoms with Gasteiger partial charge < -0.3 is 15.4 Å². The molecule has 0 amide bonds. The fourth-order valence-electron chi connectivity index (χ4n) is 3.52. The van der Waals surface area contributed by atoms with E-state index in [9.17, 15) is 13.2 Å². The van der Waals surface area contributed by atoms with Gasteiger partial charge in [0.25, 0.3) is 0 Å². The summed E-state index contributed by atoms with van der Waals surface area (Å²) in [5.41, 5.74) is 1.72. The van der Waals surface area contributed by atoms with Crippen LogP contribution in [0.3, 0.4) is 0 Å². The van der Waals surface area contributed by atoms with Gasteiger partial charge >= 0.3 is 6.36 Å². The van der Waals surface area contributed by atoms with Crippen LogP contribution in [0.15, 0.2) is 59.6 Å². The number of guanidine groups is 1. The number of likely N-dealkylation sites (tertiary alicyclic amines) is 1. The number of hydrogen-bond donors (Lipinski definition) is 2. The van der Waals surface area contributed by atoms with E-state index in [0.717, 1.165) is 32.5 Å². The molecule has 1 aliphatic heterocycles. The highest BCUT2D eigenvalue weighted by Gasteiger charge is 2.32. The van der Waals surface area contributed by atoms with Crippen molar-refractivity contribution in [3.05, 3.63) is 65.7 Å². The molecule has 0 spiro atoms. The minimum Gasteiger partial charge on any atom is -0.405 e. The number of hydrogen-bond acceptors (Lipinski definition) is 3. The summed E-state index contributed by atoms with van der Waals surface area (Å²) in [7, 11) is 1.65. The van der Waals surface area contributed by atoms with Crippen LogP contribution in [0, 0.1) is 0 Å². The lowest BCUT2D eigenvalue weighted by Gasteiger charge is -2.33. The van der Waals surface area contributed by atoms with Crippen LogP contribution in [0.1, 0.15) is 24.0 Å². The first kappa shape index (κ1) is 25.3. The fraction of sp³-hybridized carbons (Fsp3) is 0.409. The van der Waals surface area contributed by atoms with E-state index in [4.69, 9.17) is 0 Å². The van der Waals surface area contributed by atoms with Crippen molar-refractivity contribution in [1.29, 1.82) is 0 Å². The maximum Gasteiger partial charge on any atom is 0.573 e. The lowest BCUT2D eigenvalue weighted by molar-refractivity contribution is -0.274. The number of aliphatic imine (C=N–C) groups is 1. The number of halogens is 4. The second-order valence-corrected chi connectivity index (χ2v) is 7.26. The molecule has 2 N–H and O–H groups in total. The Balaban J connectivity index is 0.00000341. The zero-order chi connectivity index (χ0) is 21.4. The highest BCUT2D eigenvalue weighted by atomic mass is 127. The number of nitrogens with zero attached hydrogens (tertiary/aromatic N) is 2. The van der Waals surface area contributed by atoms with Gasteiger partial charge in [0.15, 0.2) is 5.96 Å². The Labute approximate surface area is 198 Å². The van der Waals surface area contributed by atoms with Gasteiger partial charge in [-0.2, -0.15) is 0 Å². The van der Waals surface area contributed by atoms with Crippen molar-refractivity contribution in [3.63, 3.8) is 0 Å². The van der Waals surface area contributed by atoms with Gasteiger partial charge in [0.1, 0.15) is 5.75 Å². The average molecular weight is 548 g/mol. The fourth-order valence-corrected chi connectivity index (χ4v) is 3.52. The van der Waals surface area contributed by atoms with Crippen molar-refractivity contribution >= 4 is 29.9 Å². The van der Waals surface area contributed by atoms with Gasteiger partial charge in [-0.05, 0) is 24.5 Å². The Bertz CT molecular complexity index is 825. The van der Waals surface area contributed by atoms with Gasteiger partial charge in [-0.15, -0.1) is 37.1 Å². The number of piperidine rings is 1. The summed E-state index contributed by atoms with van der Waals surface area (Å²) in [6.07, 6.45) is -2.77. The number of ether oxygens (including phenoxy) is 1. The molecular weight excluding hydrogens is 520 g/mol. The van der Waals surface area contributed by atoms with Crippen LogP contribution in [0.25, 0.3) is 0 Å². The lowest BCUT2D eigenvalue weighted by Crippen LogP contribution is -2.48. The summed E-state index contributed by atoms with van der Waals surface area (Å²) in [6, 6.07) is 16.8. The van der Waals surface area contributed by atoms with E-state index in [-0.39, 0.29) is 42.3 Å². The maximum atomic E-state index is 12.6. The van der Waals surface area contributed by atoms with Crippen LogP contribution in [-0.4, -0.2) is 43.4 Å². The number of rotatable bonds is 6. The molecule has 1 saturated heterocycles. The summed E-state index contributed by atoms with van der Waals surface area (Å²) in [5.74, 6) is 0.362. The van der Waals surface area contributed by atoms with Gasteiger partial charge in [0, 0.05) is 44.8 Å². The zero-order valence-electron chi connectivity index (χ0n) is 17.4. The van der Waals surface area contributed by atoms with Gasteiger partial charge in [0.2, 0.25) is 0 Å². The monoisotopic (exact) mass is 548 g/mol. The van der Waals surface area contributed by atoms with Crippen LogP contribution in [0.2, 0.25) is 0 Å². The Morgan fingerprint density at radius 3 is 2.35 bits per heavy atom. The summed E-state index contributed by atoms with van der Waals surface area (Å²) >= 11 is 0. The van der Waals surface area contributed by atoms with Crippen molar-refractivity contribution in [1.82, 2.24) is 15.5 Å². The molecule has 0 saturated carbocycles. The molecule has 31 heavy (non-hydrogen) atoms. The first-order valence-electron chi connectivity index (χ1n) is 10.00. The summed E-state index contributed by atoms with van der Waals surface area (Å²) in [5, 5.41) is 6.47. The third-order valence-corrected chi connectivity index (χ3v) is 5.05. The second kappa shape index (κ2) is 12.1. The number of benzene rings is 2. The van der Waals surface area contributed by atoms with Crippen LogP contribution < -0.4 is 15.4 Å². The summed E-state index contributed by atoms with van der Waals surface area (Å²) in [6.45, 7) is 3.08. The second-order valence-electron chi connectivity index (χ2n) is 7.26. The number of nitrogens with one attached hydrogen (secondary N) is 2. The van der Waals surface area contributed by atoms with E-state index in [1.54, 1.807) is 19.2 Å². The van der Waals surface area contributed by atoms with Crippen molar-refractivity contribution in [2.45, 2.75) is 38.3 Å². The Kier molecular flexibility index (Phi) is 9.89. The SMILES string of the molecule is CN=C(NCc1ccccc1OC(F)(F)F)NC1CCN(Cc2ccccc2)CC1.I. The molecule has 0 aromatic heterocycles. The largest absolute Gasteiger partial charge is 0.573 e. The van der Waals surface area contributed by atoms with Crippen LogP contribution in [0.4, 0.5) is 13.2 Å². The smallest absolute Gasteiger partial charge is 0.405 e. The van der Waals surface area contributed by atoms with Gasteiger partial charge in [-0.1, -0.05) is 48.5 Å². The first-order chi connectivity index (χ1) is 14.4.